The predicted octanol–water partition coefficient (Wildman–Crippen LogP) is 0.421. The molecule has 0 radical (unpaired) electrons. The molecule has 3 N–H and O–H groups in total. The first-order valence-electron chi connectivity index (χ1n) is 5.70. The van der Waals surface area contributed by atoms with E-state index in [0.717, 1.165) is 5.56 Å². The average molecular weight is 256 g/mol. The third-order valence-electron chi connectivity index (χ3n) is 2.25. The highest BCUT2D eigenvalue weighted by molar-refractivity contribution is 5.47. The lowest BCUT2D eigenvalue weighted by atomic mass is 10.3. The molecule has 0 atom stereocenters. The molecule has 1 heterocycles. The molecule has 0 aliphatic carbocycles. The van der Waals surface area contributed by atoms with Crippen molar-refractivity contribution in [3.63, 3.8) is 0 Å². The summed E-state index contributed by atoms with van der Waals surface area (Å²) in [6.07, 6.45) is 0. The number of methoxy groups -OCH3 is 1. The van der Waals surface area contributed by atoms with E-state index in [-0.39, 0.29) is 0 Å². The number of rotatable bonds is 8. The number of nitrogen functional groups attached to an aromatic ring is 1. The smallest absolute Gasteiger partial charge is 0.221 e. The lowest BCUT2D eigenvalue weighted by Gasteiger charge is -2.11. The van der Waals surface area contributed by atoms with Gasteiger partial charge in [-0.25, -0.2) is 10.8 Å². The molecule has 18 heavy (non-hydrogen) atoms. The van der Waals surface area contributed by atoms with E-state index in [4.69, 9.17) is 20.1 Å². The Hall–Kier alpha value is -1.44. The van der Waals surface area contributed by atoms with E-state index >= 15 is 0 Å². The van der Waals surface area contributed by atoms with Crippen LogP contribution in [0.3, 0.4) is 0 Å². The topological polar surface area (TPSA) is 91.5 Å². The van der Waals surface area contributed by atoms with Crippen LogP contribution in [0.4, 0.5) is 5.82 Å². The monoisotopic (exact) mass is 256 g/mol. The zero-order chi connectivity index (χ0) is 13.4. The molecule has 0 aliphatic heterocycles. The number of hydrogen-bond donors (Lipinski definition) is 2. The summed E-state index contributed by atoms with van der Waals surface area (Å²) in [5.41, 5.74) is 3.29. The minimum absolute atomic E-state index is 0.422. The van der Waals surface area contributed by atoms with Crippen molar-refractivity contribution in [3.05, 3.63) is 11.4 Å². The van der Waals surface area contributed by atoms with Crippen molar-refractivity contribution in [3.8, 4) is 5.88 Å². The fourth-order valence-electron chi connectivity index (χ4n) is 1.33. The zero-order valence-corrected chi connectivity index (χ0v) is 11.0. The highest BCUT2D eigenvalue weighted by Crippen LogP contribution is 2.20. The maximum Gasteiger partial charge on any atom is 0.221 e. The molecule has 0 unspecified atom stereocenters. The van der Waals surface area contributed by atoms with E-state index < -0.39 is 0 Å². The maximum absolute atomic E-state index is 5.53. The molecule has 1 aromatic heterocycles. The summed E-state index contributed by atoms with van der Waals surface area (Å²) < 4.78 is 15.7. The third kappa shape index (κ3) is 4.44. The lowest BCUT2D eigenvalue weighted by Crippen LogP contribution is -2.15. The van der Waals surface area contributed by atoms with E-state index in [0.29, 0.717) is 43.9 Å². The van der Waals surface area contributed by atoms with Gasteiger partial charge in [0.05, 0.1) is 25.4 Å². The lowest BCUT2D eigenvalue weighted by molar-refractivity contribution is 0.0535. The van der Waals surface area contributed by atoms with Crippen LogP contribution in [-0.2, 0) is 9.47 Å². The van der Waals surface area contributed by atoms with Crippen LogP contribution in [0.5, 0.6) is 5.88 Å². The van der Waals surface area contributed by atoms with Gasteiger partial charge in [-0.15, -0.1) is 0 Å². The Bertz CT molecular complexity index is 374. The molecule has 0 spiro atoms. The summed E-state index contributed by atoms with van der Waals surface area (Å²) in [4.78, 5) is 8.35. The van der Waals surface area contributed by atoms with Crippen LogP contribution in [0.15, 0.2) is 0 Å². The van der Waals surface area contributed by atoms with Gasteiger partial charge < -0.3 is 19.6 Å². The highest BCUT2D eigenvalue weighted by Gasteiger charge is 2.09. The van der Waals surface area contributed by atoms with Crippen molar-refractivity contribution in [2.75, 3.05) is 39.0 Å². The second-order valence-electron chi connectivity index (χ2n) is 3.65. The van der Waals surface area contributed by atoms with Crippen LogP contribution in [0.1, 0.15) is 11.4 Å². The van der Waals surface area contributed by atoms with Crippen LogP contribution < -0.4 is 16.0 Å². The fourth-order valence-corrected chi connectivity index (χ4v) is 1.33. The zero-order valence-electron chi connectivity index (χ0n) is 11.0. The molecule has 1 aromatic rings. The summed E-state index contributed by atoms with van der Waals surface area (Å²) in [6.45, 7) is 5.66. The van der Waals surface area contributed by atoms with Gasteiger partial charge in [-0.2, -0.15) is 4.98 Å². The number of hydrazine groups is 1. The Morgan fingerprint density at radius 1 is 1.11 bits per heavy atom. The maximum atomic E-state index is 5.53. The minimum atomic E-state index is 0.422. The molecule has 0 bridgehead atoms. The molecule has 0 saturated carbocycles. The van der Waals surface area contributed by atoms with Crippen LogP contribution in [0, 0.1) is 13.8 Å². The van der Waals surface area contributed by atoms with Crippen LogP contribution >= 0.6 is 0 Å². The summed E-state index contributed by atoms with van der Waals surface area (Å²) >= 11 is 0. The molecule has 0 aliphatic rings. The average Bonchev–Trinajstić information content (AvgIpc) is 2.37. The molecule has 7 nitrogen and oxygen atoms in total. The quantitative estimate of drug-likeness (QED) is 0.395. The van der Waals surface area contributed by atoms with E-state index in [1.54, 1.807) is 14.0 Å². The third-order valence-corrected chi connectivity index (χ3v) is 2.25. The molecule has 102 valence electrons. The Morgan fingerprint density at radius 3 is 2.50 bits per heavy atom. The van der Waals surface area contributed by atoms with E-state index in [2.05, 4.69) is 15.4 Å². The van der Waals surface area contributed by atoms with Crippen molar-refractivity contribution in [1.82, 2.24) is 9.97 Å². The Labute approximate surface area is 107 Å². The van der Waals surface area contributed by atoms with Crippen LogP contribution in [-0.4, -0.2) is 43.5 Å². The van der Waals surface area contributed by atoms with Gasteiger partial charge in [-0.05, 0) is 13.8 Å². The standard InChI is InChI=1S/C11H20N4O3/c1-8-10(15-12)13-9(2)14-11(8)18-7-6-17-5-4-16-3/h4-7,12H2,1-3H3,(H,13,14,15). The molecule has 7 heteroatoms. The molecular weight excluding hydrogens is 236 g/mol. The number of nitrogens with zero attached hydrogens (tertiary/aromatic N) is 2. The van der Waals surface area contributed by atoms with Crippen molar-refractivity contribution in [1.29, 1.82) is 0 Å². The van der Waals surface area contributed by atoms with Gasteiger partial charge in [0.2, 0.25) is 5.88 Å². The van der Waals surface area contributed by atoms with E-state index in [9.17, 15) is 0 Å². The SMILES string of the molecule is COCCOCCOc1nc(C)nc(NN)c1C. The van der Waals surface area contributed by atoms with Gasteiger partial charge in [-0.3, -0.25) is 0 Å². The molecule has 0 amide bonds. The number of anilines is 1. The number of ether oxygens (including phenoxy) is 3. The first-order chi connectivity index (χ1) is 8.69. The van der Waals surface area contributed by atoms with Crippen molar-refractivity contribution in [2.45, 2.75) is 13.8 Å². The van der Waals surface area contributed by atoms with Crippen molar-refractivity contribution in [2.24, 2.45) is 5.84 Å². The number of nitrogens with one attached hydrogen (secondary N) is 1. The van der Waals surface area contributed by atoms with E-state index in [1.807, 2.05) is 6.92 Å². The van der Waals surface area contributed by atoms with Crippen molar-refractivity contribution >= 4 is 5.82 Å². The molecular formula is C11H20N4O3. The largest absolute Gasteiger partial charge is 0.475 e. The van der Waals surface area contributed by atoms with Crippen LogP contribution in [0.25, 0.3) is 0 Å². The summed E-state index contributed by atoms with van der Waals surface area (Å²) in [5.74, 6) is 7.05. The minimum Gasteiger partial charge on any atom is -0.475 e. The van der Waals surface area contributed by atoms with Gasteiger partial charge in [0, 0.05) is 7.11 Å². The fraction of sp³-hybridized carbons (Fsp3) is 0.636. The normalized spacial score (nSPS) is 10.4. The number of hydrogen-bond acceptors (Lipinski definition) is 7. The van der Waals surface area contributed by atoms with Gasteiger partial charge in [0.1, 0.15) is 18.2 Å². The first kappa shape index (κ1) is 14.6. The van der Waals surface area contributed by atoms with Gasteiger partial charge in [0.25, 0.3) is 0 Å². The number of aryl methyl sites for hydroxylation is 1. The summed E-state index contributed by atoms with van der Waals surface area (Å²) in [7, 11) is 1.63. The number of nitrogens with two attached hydrogens (primary N) is 1. The predicted molar refractivity (Wildman–Crippen MR) is 67.5 cm³/mol. The molecule has 1 rings (SSSR count). The van der Waals surface area contributed by atoms with Gasteiger partial charge >= 0.3 is 0 Å². The van der Waals surface area contributed by atoms with Crippen molar-refractivity contribution < 1.29 is 14.2 Å². The van der Waals surface area contributed by atoms with E-state index in [1.165, 1.54) is 0 Å². The van der Waals surface area contributed by atoms with Crippen LogP contribution in [0.2, 0.25) is 0 Å². The Balaban J connectivity index is 2.44. The summed E-state index contributed by atoms with van der Waals surface area (Å²) in [5, 5.41) is 0. The Kier molecular flexibility index (Phi) is 6.34. The second-order valence-corrected chi connectivity index (χ2v) is 3.65. The molecule has 0 aromatic carbocycles. The van der Waals surface area contributed by atoms with Gasteiger partial charge in [0.15, 0.2) is 0 Å². The summed E-state index contributed by atoms with van der Waals surface area (Å²) in [6, 6.07) is 0. The molecule has 0 fully saturated rings. The number of aromatic nitrogens is 2. The Morgan fingerprint density at radius 2 is 1.83 bits per heavy atom. The molecule has 0 saturated heterocycles. The first-order valence-corrected chi connectivity index (χ1v) is 5.70. The van der Waals surface area contributed by atoms with Gasteiger partial charge in [-0.1, -0.05) is 0 Å². The second kappa shape index (κ2) is 7.80. The highest BCUT2D eigenvalue weighted by atomic mass is 16.5.